The fourth-order valence-corrected chi connectivity index (χ4v) is 2.73. The maximum Gasteiger partial charge on any atom is 0.224 e. The number of aliphatic hydroxyl groups is 1. The number of benzene rings is 1. The van der Waals surface area contributed by atoms with E-state index in [9.17, 15) is 9.90 Å². The Morgan fingerprint density at radius 1 is 1.45 bits per heavy atom. The summed E-state index contributed by atoms with van der Waals surface area (Å²) in [5.41, 5.74) is 1.20. The highest BCUT2D eigenvalue weighted by Gasteiger charge is 2.34. The van der Waals surface area contributed by atoms with E-state index in [0.29, 0.717) is 11.6 Å². The molecule has 1 fully saturated rings. The molecule has 3 rings (SSSR count). The second kappa shape index (κ2) is 5.11. The summed E-state index contributed by atoms with van der Waals surface area (Å²) in [7, 11) is 0. The highest BCUT2D eigenvalue weighted by molar-refractivity contribution is 6.31. The van der Waals surface area contributed by atoms with E-state index in [1.54, 1.807) is 0 Å². The van der Waals surface area contributed by atoms with Gasteiger partial charge in [0.25, 0.3) is 0 Å². The number of hydrogen-bond acceptors (Lipinski definition) is 2. The van der Waals surface area contributed by atoms with E-state index in [1.165, 1.54) is 0 Å². The molecule has 2 aromatic rings. The minimum Gasteiger partial charge on any atom is -0.388 e. The quantitative estimate of drug-likeness (QED) is 0.810. The molecule has 0 atom stereocenters. The largest absolute Gasteiger partial charge is 0.388 e. The van der Waals surface area contributed by atoms with E-state index in [2.05, 4.69) is 10.3 Å². The van der Waals surface area contributed by atoms with Crippen molar-refractivity contribution >= 4 is 28.4 Å². The number of halogens is 1. The Bertz CT molecular complexity index is 646. The number of aromatic amines is 1. The summed E-state index contributed by atoms with van der Waals surface area (Å²) in [5, 5.41) is 14.4. The first-order valence-corrected chi connectivity index (χ1v) is 7.18. The Kier molecular flexibility index (Phi) is 3.44. The monoisotopic (exact) mass is 292 g/mol. The predicted octanol–water partition coefficient (Wildman–Crippen LogP) is 2.40. The summed E-state index contributed by atoms with van der Waals surface area (Å²) in [6, 6.07) is 5.57. The molecule has 3 N–H and O–H groups in total. The van der Waals surface area contributed by atoms with Crippen LogP contribution in [0.1, 0.15) is 24.8 Å². The first-order chi connectivity index (χ1) is 9.56. The van der Waals surface area contributed by atoms with Crippen molar-refractivity contribution < 1.29 is 9.90 Å². The van der Waals surface area contributed by atoms with Crippen LogP contribution >= 0.6 is 11.6 Å². The van der Waals surface area contributed by atoms with Gasteiger partial charge in [0.05, 0.1) is 12.0 Å². The number of rotatable bonds is 4. The normalized spacial score (nSPS) is 16.9. The van der Waals surface area contributed by atoms with Crippen LogP contribution < -0.4 is 5.32 Å². The van der Waals surface area contributed by atoms with E-state index in [0.717, 1.165) is 35.7 Å². The average molecular weight is 293 g/mol. The molecule has 106 valence electrons. The zero-order chi connectivity index (χ0) is 14.2. The molecule has 1 heterocycles. The molecule has 1 aliphatic rings. The van der Waals surface area contributed by atoms with E-state index < -0.39 is 5.60 Å². The minimum absolute atomic E-state index is 0.0776. The van der Waals surface area contributed by atoms with Crippen molar-refractivity contribution in [1.82, 2.24) is 10.3 Å². The zero-order valence-electron chi connectivity index (χ0n) is 11.1. The molecule has 1 saturated carbocycles. The number of aromatic nitrogens is 1. The van der Waals surface area contributed by atoms with Gasteiger partial charge in [-0.2, -0.15) is 0 Å². The van der Waals surface area contributed by atoms with Crippen molar-refractivity contribution in [2.24, 2.45) is 0 Å². The van der Waals surface area contributed by atoms with Gasteiger partial charge in [0.15, 0.2) is 0 Å². The summed E-state index contributed by atoms with van der Waals surface area (Å²) in [6.45, 7) is 0.342. The summed E-state index contributed by atoms with van der Waals surface area (Å²) in [4.78, 5) is 15.1. The van der Waals surface area contributed by atoms with E-state index in [1.807, 2.05) is 24.4 Å². The second-order valence-corrected chi connectivity index (χ2v) is 5.97. The molecule has 1 aliphatic carbocycles. The van der Waals surface area contributed by atoms with Crippen molar-refractivity contribution in [3.8, 4) is 0 Å². The molecule has 0 unspecified atom stereocenters. The second-order valence-electron chi connectivity index (χ2n) is 5.54. The van der Waals surface area contributed by atoms with Crippen molar-refractivity contribution in [2.45, 2.75) is 31.3 Å². The Balaban J connectivity index is 1.66. The third-order valence-corrected chi connectivity index (χ3v) is 4.21. The van der Waals surface area contributed by atoms with Gasteiger partial charge in [-0.25, -0.2) is 0 Å². The Morgan fingerprint density at radius 3 is 2.95 bits per heavy atom. The van der Waals surface area contributed by atoms with Crippen LogP contribution in [0.15, 0.2) is 24.4 Å². The lowest BCUT2D eigenvalue weighted by Crippen LogP contribution is -2.48. The third kappa shape index (κ3) is 2.67. The Hall–Kier alpha value is -1.52. The van der Waals surface area contributed by atoms with Crippen molar-refractivity contribution in [2.75, 3.05) is 6.54 Å². The topological polar surface area (TPSA) is 65.1 Å². The fraction of sp³-hybridized carbons (Fsp3) is 0.400. The van der Waals surface area contributed by atoms with Gasteiger partial charge in [0, 0.05) is 28.7 Å². The van der Waals surface area contributed by atoms with Crippen LogP contribution in [0.3, 0.4) is 0 Å². The van der Waals surface area contributed by atoms with Gasteiger partial charge < -0.3 is 15.4 Å². The lowest BCUT2D eigenvalue weighted by atomic mass is 9.80. The first-order valence-electron chi connectivity index (χ1n) is 6.80. The molecule has 1 aromatic heterocycles. The molecule has 0 radical (unpaired) electrons. The fourth-order valence-electron chi connectivity index (χ4n) is 2.56. The number of carbonyl (C=O) groups excluding carboxylic acids is 1. The minimum atomic E-state index is -0.681. The molecular formula is C15H17ClN2O2. The van der Waals surface area contributed by atoms with Crippen LogP contribution in [0.4, 0.5) is 0 Å². The molecule has 0 saturated heterocycles. The third-order valence-electron chi connectivity index (χ3n) is 3.98. The number of fused-ring (bicyclic) bond motifs is 1. The molecule has 0 spiro atoms. The van der Waals surface area contributed by atoms with Gasteiger partial charge in [0.1, 0.15) is 0 Å². The molecule has 1 amide bonds. The molecule has 1 aromatic carbocycles. The van der Waals surface area contributed by atoms with Crippen LogP contribution in [0, 0.1) is 0 Å². The SMILES string of the molecule is O=C(Cc1c[nH]c2ccc(Cl)cc12)NCC1(O)CCC1. The van der Waals surface area contributed by atoms with E-state index in [-0.39, 0.29) is 12.3 Å². The van der Waals surface area contributed by atoms with Gasteiger partial charge in [-0.1, -0.05) is 11.6 Å². The lowest BCUT2D eigenvalue weighted by molar-refractivity contribution is -0.122. The highest BCUT2D eigenvalue weighted by atomic mass is 35.5. The number of carbonyl (C=O) groups is 1. The van der Waals surface area contributed by atoms with Gasteiger partial charge in [-0.3, -0.25) is 4.79 Å². The van der Waals surface area contributed by atoms with Crippen LogP contribution in [0.2, 0.25) is 5.02 Å². The predicted molar refractivity (Wildman–Crippen MR) is 78.8 cm³/mol. The highest BCUT2D eigenvalue weighted by Crippen LogP contribution is 2.30. The number of hydrogen-bond donors (Lipinski definition) is 3. The van der Waals surface area contributed by atoms with E-state index >= 15 is 0 Å². The smallest absolute Gasteiger partial charge is 0.224 e. The van der Waals surface area contributed by atoms with Crippen molar-refractivity contribution in [3.63, 3.8) is 0 Å². The van der Waals surface area contributed by atoms with Gasteiger partial charge >= 0.3 is 0 Å². The van der Waals surface area contributed by atoms with Gasteiger partial charge in [-0.05, 0) is 43.0 Å². The average Bonchev–Trinajstić information content (AvgIpc) is 2.77. The van der Waals surface area contributed by atoms with Crippen LogP contribution in [0.5, 0.6) is 0 Å². The Morgan fingerprint density at radius 2 is 2.25 bits per heavy atom. The number of amides is 1. The first kappa shape index (κ1) is 13.5. The van der Waals surface area contributed by atoms with Crippen LogP contribution in [-0.2, 0) is 11.2 Å². The lowest BCUT2D eigenvalue weighted by Gasteiger charge is -2.36. The molecule has 5 heteroatoms. The zero-order valence-corrected chi connectivity index (χ0v) is 11.8. The molecule has 4 nitrogen and oxygen atoms in total. The molecule has 0 aliphatic heterocycles. The summed E-state index contributed by atoms with van der Waals surface area (Å²) >= 11 is 5.98. The maximum atomic E-state index is 12.0. The van der Waals surface area contributed by atoms with Crippen molar-refractivity contribution in [1.29, 1.82) is 0 Å². The number of nitrogens with one attached hydrogen (secondary N) is 2. The Labute approximate surface area is 122 Å². The van der Waals surface area contributed by atoms with Gasteiger partial charge in [-0.15, -0.1) is 0 Å². The molecular weight excluding hydrogens is 276 g/mol. The summed E-state index contributed by atoms with van der Waals surface area (Å²) in [6.07, 6.45) is 4.70. The van der Waals surface area contributed by atoms with Crippen LogP contribution in [0.25, 0.3) is 10.9 Å². The summed E-state index contributed by atoms with van der Waals surface area (Å²) < 4.78 is 0. The van der Waals surface area contributed by atoms with Crippen LogP contribution in [-0.4, -0.2) is 28.1 Å². The number of H-pyrrole nitrogens is 1. The molecule has 20 heavy (non-hydrogen) atoms. The van der Waals surface area contributed by atoms with E-state index in [4.69, 9.17) is 11.6 Å². The van der Waals surface area contributed by atoms with Gasteiger partial charge in [0.2, 0.25) is 5.91 Å². The van der Waals surface area contributed by atoms with Crippen molar-refractivity contribution in [3.05, 3.63) is 35.0 Å². The summed E-state index contributed by atoms with van der Waals surface area (Å²) in [5.74, 6) is -0.0776. The molecule has 0 bridgehead atoms. The maximum absolute atomic E-state index is 12.0. The standard InChI is InChI=1S/C15H17ClN2O2/c16-11-2-3-13-12(7-11)10(8-17-13)6-14(19)18-9-15(20)4-1-5-15/h2-3,7-8,17,20H,1,4-6,9H2,(H,18,19).